The van der Waals surface area contributed by atoms with E-state index < -0.39 is 6.17 Å². The summed E-state index contributed by atoms with van der Waals surface area (Å²) in [5.41, 5.74) is 13.3. The smallest absolute Gasteiger partial charge is 0.160 e. The third-order valence-corrected chi connectivity index (χ3v) is 13.6. The largest absolute Gasteiger partial charge is 0.455 e. The van der Waals surface area contributed by atoms with Gasteiger partial charge in [0, 0.05) is 60.4 Å². The van der Waals surface area contributed by atoms with Crippen molar-refractivity contribution in [3.8, 4) is 22.5 Å². The van der Waals surface area contributed by atoms with Crippen LogP contribution in [-0.4, -0.2) is 20.8 Å². The summed E-state index contributed by atoms with van der Waals surface area (Å²) in [5, 5.41) is 13.1. The average molecular weight is 858 g/mol. The summed E-state index contributed by atoms with van der Waals surface area (Å²) in [4.78, 5) is 11.0. The Morgan fingerprint density at radius 3 is 1.82 bits per heavy atom. The third kappa shape index (κ3) is 5.90. The number of nitrogens with one attached hydrogen (secondary N) is 1. The molecule has 0 aliphatic carbocycles. The number of rotatable bonds is 6. The van der Waals surface area contributed by atoms with Gasteiger partial charge in [-0.05, 0) is 101 Å². The molecule has 1 aliphatic rings. The molecule has 0 amide bonds. The van der Waals surface area contributed by atoms with Gasteiger partial charge in [-0.2, -0.15) is 0 Å². The number of nitrogens with zero attached hydrogens (tertiary/aromatic N) is 4. The van der Waals surface area contributed by atoms with E-state index in [4.69, 9.17) is 14.4 Å². The monoisotopic (exact) mass is 857 g/mol. The maximum Gasteiger partial charge on any atom is 0.160 e. The van der Waals surface area contributed by atoms with Gasteiger partial charge in [0.25, 0.3) is 0 Å². The van der Waals surface area contributed by atoms with Crippen molar-refractivity contribution in [1.29, 1.82) is 0 Å². The molecule has 0 bridgehead atoms. The van der Waals surface area contributed by atoms with Crippen LogP contribution in [-0.2, 0) is 0 Å². The summed E-state index contributed by atoms with van der Waals surface area (Å²) in [7, 11) is 0. The van der Waals surface area contributed by atoms with Gasteiger partial charge in [0.15, 0.2) is 5.84 Å². The minimum Gasteiger partial charge on any atom is -0.455 e. The maximum atomic E-state index is 6.79. The SMILES string of the molecule is c1ccc(C2N=C(c3ccc(-n4c5ccccc5c5cc6ccccc6cc54)cc3-c3cccc4c3oc3ccccc34)N=C(c3ccc4c(c3)c3ccccc3n4-c3ccccc3)N2)cc1. The van der Waals surface area contributed by atoms with Crippen molar-refractivity contribution >= 4 is 88.0 Å². The standard InChI is InChI=1S/C61H39N5O/c1-3-16-38(17-4-1)59-62-60(41-30-33-55-51(35-41)44-22-9-12-27-53(44)65(55)42-20-5-2-6-21-42)64-61(63-59)49-32-31-43(37-50(49)48-26-15-25-47-46-24-11-14-29-57(46)67-58(47)48)66-54-28-13-10-23-45(54)52-34-39-18-7-8-19-40(39)36-56(52)66/h1-37,59H,(H,62,63,64). The molecular weight excluding hydrogens is 819 g/mol. The van der Waals surface area contributed by atoms with Gasteiger partial charge in [-0.3, -0.25) is 0 Å². The van der Waals surface area contributed by atoms with E-state index in [0.29, 0.717) is 5.84 Å². The molecule has 314 valence electrons. The molecule has 10 aromatic carbocycles. The average Bonchev–Trinajstić information content (AvgIpc) is 4.05. The lowest BCUT2D eigenvalue weighted by atomic mass is 9.95. The molecule has 3 aromatic heterocycles. The van der Waals surface area contributed by atoms with Crippen LogP contribution in [0.1, 0.15) is 22.9 Å². The van der Waals surface area contributed by atoms with Crippen LogP contribution >= 0.6 is 0 Å². The zero-order valence-corrected chi connectivity index (χ0v) is 36.1. The molecule has 67 heavy (non-hydrogen) atoms. The molecule has 6 nitrogen and oxygen atoms in total. The van der Waals surface area contributed by atoms with E-state index in [1.807, 2.05) is 18.2 Å². The zero-order chi connectivity index (χ0) is 44.0. The molecule has 0 spiro atoms. The van der Waals surface area contributed by atoms with Crippen LogP contribution in [0.3, 0.4) is 0 Å². The summed E-state index contributed by atoms with van der Waals surface area (Å²) in [6.45, 7) is 0. The van der Waals surface area contributed by atoms with Gasteiger partial charge in [-0.15, -0.1) is 0 Å². The predicted molar refractivity (Wildman–Crippen MR) is 277 cm³/mol. The summed E-state index contributed by atoms with van der Waals surface area (Å²) < 4.78 is 11.5. The predicted octanol–water partition coefficient (Wildman–Crippen LogP) is 15.1. The lowest BCUT2D eigenvalue weighted by Crippen LogP contribution is -2.33. The van der Waals surface area contributed by atoms with Crippen LogP contribution in [0.25, 0.3) is 98.8 Å². The highest BCUT2D eigenvalue weighted by atomic mass is 16.3. The Balaban J connectivity index is 1.01. The first-order valence-electron chi connectivity index (χ1n) is 22.8. The molecule has 1 N–H and O–H groups in total. The minimum absolute atomic E-state index is 0.398. The van der Waals surface area contributed by atoms with Crippen molar-refractivity contribution in [2.45, 2.75) is 6.17 Å². The Morgan fingerprint density at radius 1 is 0.403 bits per heavy atom. The quantitative estimate of drug-likeness (QED) is 0.181. The van der Waals surface area contributed by atoms with Gasteiger partial charge < -0.3 is 18.9 Å². The number of aromatic nitrogens is 2. The number of para-hydroxylation sites is 5. The number of fused-ring (bicyclic) bond motifs is 10. The number of hydrogen-bond donors (Lipinski definition) is 1. The molecule has 1 atom stereocenters. The zero-order valence-electron chi connectivity index (χ0n) is 36.1. The van der Waals surface area contributed by atoms with Gasteiger partial charge in [0.05, 0.1) is 22.1 Å². The highest BCUT2D eigenvalue weighted by molar-refractivity contribution is 6.20. The van der Waals surface area contributed by atoms with Crippen LogP contribution in [0.5, 0.6) is 0 Å². The van der Waals surface area contributed by atoms with Gasteiger partial charge in [-0.1, -0.05) is 146 Å². The van der Waals surface area contributed by atoms with Gasteiger partial charge in [0.1, 0.15) is 23.2 Å². The van der Waals surface area contributed by atoms with Crippen LogP contribution < -0.4 is 5.32 Å². The van der Waals surface area contributed by atoms with Crippen molar-refractivity contribution < 1.29 is 4.42 Å². The Bertz CT molecular complexity index is 4190. The number of furan rings is 1. The number of amidine groups is 2. The molecule has 13 aromatic rings. The Hall–Kier alpha value is -9.00. The molecule has 1 unspecified atom stereocenters. The first kappa shape index (κ1) is 37.4. The molecule has 6 heteroatoms. The summed E-state index contributed by atoms with van der Waals surface area (Å²) in [5.74, 6) is 1.39. The van der Waals surface area contributed by atoms with Crippen LogP contribution in [0.15, 0.2) is 239 Å². The molecule has 0 saturated carbocycles. The normalized spacial score (nSPS) is 14.1. The first-order valence-corrected chi connectivity index (χ1v) is 22.8. The molecule has 0 radical (unpaired) electrons. The number of hydrogen-bond acceptors (Lipinski definition) is 4. The molecule has 14 rings (SSSR count). The van der Waals surface area contributed by atoms with E-state index in [1.54, 1.807) is 0 Å². The Morgan fingerprint density at radius 2 is 1.03 bits per heavy atom. The summed E-state index contributed by atoms with van der Waals surface area (Å²) in [6.07, 6.45) is -0.398. The second kappa shape index (κ2) is 14.8. The van der Waals surface area contributed by atoms with E-state index in [0.717, 1.165) is 94.4 Å². The fraction of sp³-hybridized carbons (Fsp3) is 0.0164. The highest BCUT2D eigenvalue weighted by Gasteiger charge is 2.26. The number of aliphatic imine (C=N–C) groups is 2. The lowest BCUT2D eigenvalue weighted by molar-refractivity contribution is 0.670. The topological polar surface area (TPSA) is 59.8 Å². The van der Waals surface area contributed by atoms with Crippen molar-refractivity contribution in [1.82, 2.24) is 14.5 Å². The summed E-state index contributed by atoms with van der Waals surface area (Å²) >= 11 is 0. The fourth-order valence-electron chi connectivity index (χ4n) is 10.5. The summed E-state index contributed by atoms with van der Waals surface area (Å²) in [6, 6.07) is 79.8. The molecular formula is C61H39N5O. The van der Waals surface area contributed by atoms with Gasteiger partial charge >= 0.3 is 0 Å². The van der Waals surface area contributed by atoms with Crippen LogP contribution in [0.2, 0.25) is 0 Å². The Labute approximate surface area is 385 Å². The second-order valence-corrected chi connectivity index (χ2v) is 17.4. The van der Waals surface area contributed by atoms with Crippen LogP contribution in [0.4, 0.5) is 0 Å². The molecule has 0 saturated heterocycles. The number of benzene rings is 10. The van der Waals surface area contributed by atoms with Gasteiger partial charge in [-0.25, -0.2) is 9.98 Å². The van der Waals surface area contributed by atoms with E-state index >= 15 is 0 Å². The Kier molecular flexibility index (Phi) is 8.24. The fourth-order valence-corrected chi connectivity index (χ4v) is 10.5. The van der Waals surface area contributed by atoms with Gasteiger partial charge in [0.2, 0.25) is 0 Å². The second-order valence-electron chi connectivity index (χ2n) is 17.4. The lowest BCUT2D eigenvalue weighted by Gasteiger charge is -2.25. The van der Waals surface area contributed by atoms with Crippen molar-refractivity contribution in [3.05, 3.63) is 241 Å². The van der Waals surface area contributed by atoms with E-state index in [9.17, 15) is 0 Å². The minimum atomic E-state index is -0.398. The van der Waals surface area contributed by atoms with Crippen molar-refractivity contribution in [2.75, 3.05) is 0 Å². The third-order valence-electron chi connectivity index (χ3n) is 13.6. The maximum absolute atomic E-state index is 6.79. The van der Waals surface area contributed by atoms with E-state index in [1.165, 1.54) is 26.9 Å². The molecule has 1 aliphatic heterocycles. The van der Waals surface area contributed by atoms with Crippen molar-refractivity contribution in [3.63, 3.8) is 0 Å². The van der Waals surface area contributed by atoms with E-state index in [-0.39, 0.29) is 0 Å². The first-order chi connectivity index (χ1) is 33.2. The van der Waals surface area contributed by atoms with Crippen molar-refractivity contribution in [2.24, 2.45) is 9.98 Å². The molecule has 0 fully saturated rings. The van der Waals surface area contributed by atoms with E-state index in [2.05, 4.69) is 221 Å². The molecule has 4 heterocycles. The van der Waals surface area contributed by atoms with Crippen LogP contribution in [0, 0.1) is 0 Å². The highest BCUT2D eigenvalue weighted by Crippen LogP contribution is 2.41.